The van der Waals surface area contributed by atoms with E-state index in [1.165, 1.54) is 16.7 Å². The van der Waals surface area contributed by atoms with Crippen molar-refractivity contribution in [2.45, 2.75) is 6.92 Å². The number of nitrogens with zero attached hydrogens (tertiary/aromatic N) is 1. The van der Waals surface area contributed by atoms with Crippen LogP contribution in [0.2, 0.25) is 0 Å². The van der Waals surface area contributed by atoms with E-state index in [1.54, 1.807) is 0 Å². The molecule has 132 valence electrons. The highest BCUT2D eigenvalue weighted by Gasteiger charge is 2.12. The summed E-state index contributed by atoms with van der Waals surface area (Å²) in [6.07, 6.45) is 0. The molecular formula is C25H20BrN. The lowest BCUT2D eigenvalue weighted by Crippen LogP contribution is -2.09. The molecule has 0 atom stereocenters. The van der Waals surface area contributed by atoms with Crippen LogP contribution in [0.1, 0.15) is 5.56 Å². The fraction of sp³-hybridized carbons (Fsp3) is 0.0400. The number of halogens is 1. The fourth-order valence-corrected chi connectivity index (χ4v) is 3.43. The van der Waals surface area contributed by atoms with Gasteiger partial charge < -0.3 is 4.90 Å². The van der Waals surface area contributed by atoms with Gasteiger partial charge in [-0.1, -0.05) is 76.1 Å². The first kappa shape index (κ1) is 17.6. The molecule has 0 fully saturated rings. The van der Waals surface area contributed by atoms with Crippen LogP contribution >= 0.6 is 15.9 Å². The van der Waals surface area contributed by atoms with E-state index >= 15 is 0 Å². The minimum Gasteiger partial charge on any atom is -0.311 e. The summed E-state index contributed by atoms with van der Waals surface area (Å²) in [6.45, 7) is 2.11. The molecule has 0 bridgehead atoms. The molecule has 0 saturated heterocycles. The number of benzene rings is 4. The SMILES string of the molecule is Cc1ccc(-c2ccc(N(c3ccccc3)c3ccc(Br)cc3)cc2)cc1. The van der Waals surface area contributed by atoms with Crippen LogP contribution in [0.15, 0.2) is 108 Å². The van der Waals surface area contributed by atoms with Crippen LogP contribution in [0.3, 0.4) is 0 Å². The molecule has 4 rings (SSSR count). The Hall–Kier alpha value is -2.84. The number of para-hydroxylation sites is 1. The summed E-state index contributed by atoms with van der Waals surface area (Å²) in [4.78, 5) is 2.27. The quantitative estimate of drug-likeness (QED) is 0.328. The zero-order valence-corrected chi connectivity index (χ0v) is 16.7. The van der Waals surface area contributed by atoms with Gasteiger partial charge in [0.25, 0.3) is 0 Å². The van der Waals surface area contributed by atoms with E-state index in [2.05, 4.69) is 125 Å². The summed E-state index contributed by atoms with van der Waals surface area (Å²) < 4.78 is 1.08. The van der Waals surface area contributed by atoms with Gasteiger partial charge in [-0.2, -0.15) is 0 Å². The van der Waals surface area contributed by atoms with Gasteiger partial charge in [0, 0.05) is 21.5 Å². The normalized spacial score (nSPS) is 10.6. The molecule has 1 nitrogen and oxygen atoms in total. The largest absolute Gasteiger partial charge is 0.311 e. The number of hydrogen-bond acceptors (Lipinski definition) is 1. The van der Waals surface area contributed by atoms with E-state index in [0.717, 1.165) is 21.5 Å². The third kappa shape index (κ3) is 3.96. The van der Waals surface area contributed by atoms with Crippen LogP contribution in [-0.4, -0.2) is 0 Å². The van der Waals surface area contributed by atoms with Gasteiger partial charge in [-0.3, -0.25) is 0 Å². The van der Waals surface area contributed by atoms with E-state index in [0.29, 0.717) is 0 Å². The molecule has 0 radical (unpaired) electrons. The van der Waals surface area contributed by atoms with Crippen LogP contribution in [0, 0.1) is 6.92 Å². The monoisotopic (exact) mass is 413 g/mol. The predicted molar refractivity (Wildman–Crippen MR) is 119 cm³/mol. The number of aryl methyl sites for hydroxylation is 1. The van der Waals surface area contributed by atoms with Crippen molar-refractivity contribution in [1.29, 1.82) is 0 Å². The van der Waals surface area contributed by atoms with E-state index in [-0.39, 0.29) is 0 Å². The number of anilines is 3. The van der Waals surface area contributed by atoms with Crippen molar-refractivity contribution in [1.82, 2.24) is 0 Å². The van der Waals surface area contributed by atoms with Crippen LogP contribution in [0.4, 0.5) is 17.1 Å². The molecule has 27 heavy (non-hydrogen) atoms. The van der Waals surface area contributed by atoms with Gasteiger partial charge >= 0.3 is 0 Å². The van der Waals surface area contributed by atoms with Crippen LogP contribution in [0.25, 0.3) is 11.1 Å². The zero-order chi connectivity index (χ0) is 18.6. The Balaban J connectivity index is 1.74. The molecule has 0 aliphatic heterocycles. The van der Waals surface area contributed by atoms with Gasteiger partial charge in [-0.05, 0) is 66.6 Å². The Kier molecular flexibility index (Phi) is 5.08. The van der Waals surface area contributed by atoms with Crippen LogP contribution in [-0.2, 0) is 0 Å². The Morgan fingerprint density at radius 2 is 0.963 bits per heavy atom. The van der Waals surface area contributed by atoms with Crippen LogP contribution in [0.5, 0.6) is 0 Å². The Labute approximate surface area is 169 Å². The van der Waals surface area contributed by atoms with Gasteiger partial charge in [0.05, 0.1) is 0 Å². The van der Waals surface area contributed by atoms with E-state index < -0.39 is 0 Å². The smallest absolute Gasteiger partial charge is 0.0462 e. The molecular weight excluding hydrogens is 394 g/mol. The first-order chi connectivity index (χ1) is 13.2. The maximum Gasteiger partial charge on any atom is 0.0462 e. The third-order valence-corrected chi connectivity index (χ3v) is 5.14. The standard InChI is InChI=1S/C25H20BrN/c1-19-7-9-20(10-8-19)21-11-15-24(16-12-21)27(23-5-3-2-4-6-23)25-17-13-22(26)14-18-25/h2-18H,1H3. The summed E-state index contributed by atoms with van der Waals surface area (Å²) in [6, 6.07) is 36.3. The minimum absolute atomic E-state index is 1.08. The summed E-state index contributed by atoms with van der Waals surface area (Å²) in [5.41, 5.74) is 7.15. The second-order valence-electron chi connectivity index (χ2n) is 6.56. The van der Waals surface area contributed by atoms with Crippen molar-refractivity contribution in [3.8, 4) is 11.1 Å². The lowest BCUT2D eigenvalue weighted by Gasteiger charge is -2.25. The maximum absolute atomic E-state index is 3.53. The molecule has 0 N–H and O–H groups in total. The topological polar surface area (TPSA) is 3.24 Å². The molecule has 0 aliphatic carbocycles. The molecule has 0 saturated carbocycles. The molecule has 4 aromatic carbocycles. The maximum atomic E-state index is 3.53. The summed E-state index contributed by atoms with van der Waals surface area (Å²) in [7, 11) is 0. The average molecular weight is 414 g/mol. The lowest BCUT2D eigenvalue weighted by atomic mass is 10.0. The van der Waals surface area contributed by atoms with Crippen molar-refractivity contribution in [2.24, 2.45) is 0 Å². The zero-order valence-electron chi connectivity index (χ0n) is 15.1. The molecule has 0 aliphatic rings. The van der Waals surface area contributed by atoms with Crippen molar-refractivity contribution in [2.75, 3.05) is 4.90 Å². The minimum atomic E-state index is 1.08. The molecule has 0 aromatic heterocycles. The highest BCUT2D eigenvalue weighted by Crippen LogP contribution is 2.35. The Morgan fingerprint density at radius 3 is 1.52 bits per heavy atom. The van der Waals surface area contributed by atoms with Gasteiger partial charge in [-0.25, -0.2) is 0 Å². The van der Waals surface area contributed by atoms with Gasteiger partial charge in [-0.15, -0.1) is 0 Å². The first-order valence-electron chi connectivity index (χ1n) is 8.98. The molecule has 0 unspecified atom stereocenters. The second-order valence-corrected chi connectivity index (χ2v) is 7.48. The highest BCUT2D eigenvalue weighted by molar-refractivity contribution is 9.10. The molecule has 4 aromatic rings. The van der Waals surface area contributed by atoms with E-state index in [1.807, 2.05) is 6.07 Å². The summed E-state index contributed by atoms with van der Waals surface area (Å²) >= 11 is 3.53. The van der Waals surface area contributed by atoms with E-state index in [9.17, 15) is 0 Å². The number of hydrogen-bond donors (Lipinski definition) is 0. The van der Waals surface area contributed by atoms with Crippen molar-refractivity contribution < 1.29 is 0 Å². The van der Waals surface area contributed by atoms with Gasteiger partial charge in [0.2, 0.25) is 0 Å². The molecule has 0 heterocycles. The molecule has 2 heteroatoms. The van der Waals surface area contributed by atoms with E-state index in [4.69, 9.17) is 0 Å². The average Bonchev–Trinajstić information content (AvgIpc) is 2.72. The summed E-state index contributed by atoms with van der Waals surface area (Å²) in [5.74, 6) is 0. The lowest BCUT2D eigenvalue weighted by molar-refractivity contribution is 1.28. The predicted octanol–water partition coefficient (Wildman–Crippen LogP) is 7.89. The first-order valence-corrected chi connectivity index (χ1v) is 9.78. The van der Waals surface area contributed by atoms with Crippen LogP contribution < -0.4 is 4.90 Å². The third-order valence-electron chi connectivity index (χ3n) is 4.61. The number of rotatable bonds is 4. The van der Waals surface area contributed by atoms with Crippen molar-refractivity contribution in [3.63, 3.8) is 0 Å². The van der Waals surface area contributed by atoms with Gasteiger partial charge in [0.1, 0.15) is 0 Å². The van der Waals surface area contributed by atoms with Crippen molar-refractivity contribution in [3.05, 3.63) is 113 Å². The Morgan fingerprint density at radius 1 is 0.519 bits per heavy atom. The molecule has 0 amide bonds. The van der Waals surface area contributed by atoms with Crippen molar-refractivity contribution >= 4 is 33.0 Å². The second kappa shape index (κ2) is 7.81. The van der Waals surface area contributed by atoms with Gasteiger partial charge in [0.15, 0.2) is 0 Å². The highest BCUT2D eigenvalue weighted by atomic mass is 79.9. The fourth-order valence-electron chi connectivity index (χ4n) is 3.16. The molecule has 0 spiro atoms. The Bertz CT molecular complexity index is 1000. The summed E-state index contributed by atoms with van der Waals surface area (Å²) in [5, 5.41) is 0.